The second kappa shape index (κ2) is 13.2. The van der Waals surface area contributed by atoms with Crippen molar-refractivity contribution in [1.29, 1.82) is 0 Å². The second-order valence-electron chi connectivity index (χ2n) is 10.9. The first-order valence-corrected chi connectivity index (χ1v) is 16.5. The summed E-state index contributed by atoms with van der Waals surface area (Å²) in [5.41, 5.74) is 3.81. The van der Waals surface area contributed by atoms with Gasteiger partial charge in [-0.15, -0.1) is 0 Å². The summed E-state index contributed by atoms with van der Waals surface area (Å²) >= 11 is 0. The van der Waals surface area contributed by atoms with E-state index in [1.807, 2.05) is 34.0 Å². The first-order valence-electron chi connectivity index (χ1n) is 14.2. The van der Waals surface area contributed by atoms with Gasteiger partial charge in [0.15, 0.2) is 17.3 Å². The summed E-state index contributed by atoms with van der Waals surface area (Å²) in [4.78, 5) is 32.5. The lowest BCUT2D eigenvalue weighted by molar-refractivity contribution is -0.124. The number of phenols is 1. The molecule has 0 fully saturated rings. The van der Waals surface area contributed by atoms with Gasteiger partial charge in [0.1, 0.15) is 11.6 Å². The average Bonchev–Trinajstić information content (AvgIpc) is 3.47. The van der Waals surface area contributed by atoms with Crippen molar-refractivity contribution < 1.29 is 19.4 Å². The maximum Gasteiger partial charge on any atom is 0.163 e. The minimum absolute atomic E-state index is 0.0192. The molecule has 2 atom stereocenters. The minimum atomic E-state index is -0.219. The molecule has 4 heterocycles. The Morgan fingerprint density at radius 3 is 2.88 bits per heavy atom. The molecule has 0 aliphatic carbocycles. The number of carbonyl (C=O) groups excluding carboxylic acids is 2. The summed E-state index contributed by atoms with van der Waals surface area (Å²) in [7, 11) is 5.31. The number of ether oxygens (including phenoxy) is 1. The summed E-state index contributed by atoms with van der Waals surface area (Å²) in [5.74, 6) is 2.40. The van der Waals surface area contributed by atoms with Crippen LogP contribution in [0.25, 0.3) is 6.08 Å². The molecule has 1 aromatic carbocycles. The van der Waals surface area contributed by atoms with Crippen LogP contribution in [0.4, 0.5) is 5.82 Å². The van der Waals surface area contributed by atoms with Gasteiger partial charge in [0.05, 0.1) is 24.9 Å². The Morgan fingerprint density at radius 1 is 1.22 bits per heavy atom. The van der Waals surface area contributed by atoms with E-state index in [4.69, 9.17) is 9.72 Å². The van der Waals surface area contributed by atoms with Gasteiger partial charge < -0.3 is 25.4 Å². The molecule has 3 N–H and O–H groups in total. The quantitative estimate of drug-likeness (QED) is 0.312. The van der Waals surface area contributed by atoms with E-state index in [2.05, 4.69) is 34.7 Å². The number of phenolic OH excluding ortho intramolecular Hbond substituents is 1. The number of Topliss-reactive ketones (excluding diaryl/α,β-unsaturated/α-hetero) is 1. The van der Waals surface area contributed by atoms with Crippen LogP contribution in [0, 0.1) is 5.92 Å². The standard InChI is InChI=1S/C31H38N4O4S2/c1-3-21-4-6-25(36)16-26(37)7-5-23-15-29(39-2)28(38)14-24(23)12-22-13-27-30(34-17-22)33-9-8-31(27,41-40-18-21)19-35-11-10-32-20-35/h5,7,10-11,13-15,17,21,32,38H,3-4,6,8-9,12,16,18-20H2,1-2H3,(H,33,34)/b7-5+/t21-,31+/m1/s1. The van der Waals surface area contributed by atoms with Crippen LogP contribution in [0.15, 0.2) is 42.9 Å². The van der Waals surface area contributed by atoms with E-state index in [-0.39, 0.29) is 28.5 Å². The number of carbonyl (C=O) groups is 2. The molecule has 218 valence electrons. The van der Waals surface area contributed by atoms with E-state index >= 15 is 0 Å². The van der Waals surface area contributed by atoms with Crippen molar-refractivity contribution in [2.24, 2.45) is 5.92 Å². The van der Waals surface area contributed by atoms with Crippen LogP contribution in [0.5, 0.6) is 11.5 Å². The molecule has 0 saturated carbocycles. The predicted molar refractivity (Wildman–Crippen MR) is 167 cm³/mol. The van der Waals surface area contributed by atoms with Crippen molar-refractivity contribution >= 4 is 45.0 Å². The molecule has 3 aliphatic rings. The largest absolute Gasteiger partial charge is 0.504 e. The molecule has 5 rings (SSSR count). The molecule has 0 amide bonds. The van der Waals surface area contributed by atoms with Crippen molar-refractivity contribution in [3.8, 4) is 11.5 Å². The smallest absolute Gasteiger partial charge is 0.163 e. The maximum absolute atomic E-state index is 12.7. The number of benzene rings is 1. The number of allylic oxidation sites excluding steroid dienone is 1. The molecular formula is C31H38N4O4S2. The Hall–Kier alpha value is -3.11. The highest BCUT2D eigenvalue weighted by atomic mass is 33.1. The van der Waals surface area contributed by atoms with Crippen molar-refractivity contribution in [3.05, 3.63) is 65.1 Å². The molecule has 8 nitrogen and oxygen atoms in total. The van der Waals surface area contributed by atoms with Crippen molar-refractivity contribution in [2.75, 3.05) is 37.9 Å². The molecular weight excluding hydrogens is 556 g/mol. The fourth-order valence-electron chi connectivity index (χ4n) is 5.56. The summed E-state index contributed by atoms with van der Waals surface area (Å²) in [6.45, 7) is 4.65. The first-order chi connectivity index (χ1) is 19.9. The minimum Gasteiger partial charge on any atom is -0.504 e. The van der Waals surface area contributed by atoms with Crippen LogP contribution >= 0.6 is 21.6 Å². The Kier molecular flexibility index (Phi) is 9.49. The van der Waals surface area contributed by atoms with E-state index in [9.17, 15) is 14.7 Å². The van der Waals surface area contributed by atoms with Crippen molar-refractivity contribution in [2.45, 2.75) is 50.2 Å². The Balaban J connectivity index is 1.56. The number of hydrogen-bond donors (Lipinski definition) is 3. The number of aromatic hydroxyl groups is 1. The molecule has 0 saturated heterocycles. The van der Waals surface area contributed by atoms with Gasteiger partial charge in [-0.05, 0) is 66.1 Å². The molecule has 0 radical (unpaired) electrons. The van der Waals surface area contributed by atoms with Gasteiger partial charge in [0, 0.05) is 49.4 Å². The summed E-state index contributed by atoms with van der Waals surface area (Å²) in [6.07, 6.45) is 12.8. The monoisotopic (exact) mass is 594 g/mol. The number of nitrogens with zero attached hydrogens (tertiary/aromatic N) is 2. The van der Waals surface area contributed by atoms with E-state index < -0.39 is 0 Å². The lowest BCUT2D eigenvalue weighted by atomic mass is 9.89. The zero-order valence-corrected chi connectivity index (χ0v) is 25.3. The lowest BCUT2D eigenvalue weighted by Gasteiger charge is -2.40. The van der Waals surface area contributed by atoms with E-state index in [1.54, 1.807) is 18.2 Å². The fraction of sp³-hybridized carbons (Fsp3) is 0.452. The summed E-state index contributed by atoms with van der Waals surface area (Å²) < 4.78 is 5.17. The number of rotatable bonds is 4. The zero-order valence-electron chi connectivity index (χ0n) is 23.7. The number of methoxy groups -OCH3 is 1. The predicted octanol–water partition coefficient (Wildman–Crippen LogP) is 5.47. The summed E-state index contributed by atoms with van der Waals surface area (Å²) in [6, 6.07) is 5.68. The van der Waals surface area contributed by atoms with Crippen LogP contribution in [0.3, 0.4) is 0 Å². The first kappa shape index (κ1) is 29.4. The number of hydrogen-bond acceptors (Lipinski definition) is 10. The van der Waals surface area contributed by atoms with E-state index in [0.29, 0.717) is 24.5 Å². The van der Waals surface area contributed by atoms with Gasteiger partial charge in [-0.25, -0.2) is 4.98 Å². The number of aromatic nitrogens is 1. The molecule has 1 aromatic heterocycles. The number of anilines is 1. The Labute approximate surface area is 249 Å². The summed E-state index contributed by atoms with van der Waals surface area (Å²) in [5, 5.41) is 17.4. The Morgan fingerprint density at radius 2 is 2.10 bits per heavy atom. The lowest BCUT2D eigenvalue weighted by Crippen LogP contribution is -2.41. The van der Waals surface area contributed by atoms with Gasteiger partial charge in [-0.1, -0.05) is 41.0 Å². The van der Waals surface area contributed by atoms with Gasteiger partial charge >= 0.3 is 0 Å². The highest BCUT2D eigenvalue weighted by molar-refractivity contribution is 8.77. The van der Waals surface area contributed by atoms with E-state index in [0.717, 1.165) is 67.3 Å². The SMILES string of the molecule is CC[C@@H]1CCC(=O)CC(=O)/C=C/c2cc(OC)c(O)cc2Cc2cnc3c(c2)[C@@](CN2C=CNC2)(CCN3)SSC1. The third-order valence-corrected chi connectivity index (χ3v) is 11.3. The van der Waals surface area contributed by atoms with Gasteiger partial charge in [0.25, 0.3) is 0 Å². The fourth-order valence-corrected chi connectivity index (χ4v) is 9.24. The van der Waals surface area contributed by atoms with Gasteiger partial charge in [-0.2, -0.15) is 0 Å². The van der Waals surface area contributed by atoms with Crippen LogP contribution in [-0.4, -0.2) is 59.2 Å². The van der Waals surface area contributed by atoms with Crippen LogP contribution in [0.2, 0.25) is 0 Å². The number of nitrogens with one attached hydrogen (secondary N) is 2. The highest BCUT2D eigenvalue weighted by Gasteiger charge is 2.40. The molecule has 0 spiro atoms. The van der Waals surface area contributed by atoms with Crippen LogP contribution < -0.4 is 15.4 Å². The third-order valence-electron chi connectivity index (χ3n) is 8.00. The zero-order chi connectivity index (χ0) is 28.8. The van der Waals surface area contributed by atoms with E-state index in [1.165, 1.54) is 18.7 Å². The van der Waals surface area contributed by atoms with Crippen LogP contribution in [0.1, 0.15) is 61.3 Å². The van der Waals surface area contributed by atoms with Gasteiger partial charge in [-0.3, -0.25) is 9.59 Å². The molecule has 0 unspecified atom stereocenters. The average molecular weight is 595 g/mol. The normalized spacial score (nSPS) is 24.0. The maximum atomic E-state index is 12.7. The molecule has 10 heteroatoms. The molecule has 2 aromatic rings. The third kappa shape index (κ3) is 7.04. The molecule has 2 bridgehead atoms. The number of ketones is 2. The Bertz CT molecular complexity index is 1350. The molecule has 3 aliphatic heterocycles. The molecule has 41 heavy (non-hydrogen) atoms. The van der Waals surface area contributed by atoms with Crippen molar-refractivity contribution in [3.63, 3.8) is 0 Å². The number of pyridine rings is 1. The highest BCUT2D eigenvalue weighted by Crippen LogP contribution is 2.52. The second-order valence-corrected chi connectivity index (χ2v) is 13.7. The van der Waals surface area contributed by atoms with Crippen molar-refractivity contribution in [1.82, 2.24) is 15.2 Å². The van der Waals surface area contributed by atoms with Crippen LogP contribution in [-0.2, 0) is 20.8 Å². The van der Waals surface area contributed by atoms with Gasteiger partial charge in [0.2, 0.25) is 0 Å². The topological polar surface area (TPSA) is 104 Å². The number of fused-ring (bicyclic) bond motifs is 2.